The standard InChI is InChI=1S/C14H19FN6S.HI/c1-16-14(18-9-13-19-10-20-21(13)2)17-7-8-22-12-5-3-11(15)4-6-12;/h3-6,10H,7-9H2,1-2H3,(H2,16,17,18);1H. The van der Waals surface area contributed by atoms with Crippen LogP contribution in [0.5, 0.6) is 0 Å². The van der Waals surface area contributed by atoms with Crippen LogP contribution in [0, 0.1) is 5.82 Å². The van der Waals surface area contributed by atoms with Crippen molar-refractivity contribution in [3.8, 4) is 0 Å². The Balaban J connectivity index is 0.00000264. The minimum absolute atomic E-state index is 0. The van der Waals surface area contributed by atoms with Crippen LogP contribution in [0.1, 0.15) is 5.82 Å². The molecule has 2 aromatic rings. The van der Waals surface area contributed by atoms with Gasteiger partial charge in [-0.25, -0.2) is 9.37 Å². The molecule has 0 fully saturated rings. The van der Waals surface area contributed by atoms with Crippen molar-refractivity contribution in [2.45, 2.75) is 11.4 Å². The molecule has 0 saturated heterocycles. The normalized spacial score (nSPS) is 11.0. The van der Waals surface area contributed by atoms with E-state index in [0.29, 0.717) is 12.5 Å². The number of thioether (sulfide) groups is 1. The third kappa shape index (κ3) is 6.73. The van der Waals surface area contributed by atoms with Gasteiger partial charge >= 0.3 is 0 Å². The van der Waals surface area contributed by atoms with E-state index in [-0.39, 0.29) is 29.8 Å². The molecule has 1 heterocycles. The molecule has 0 aliphatic carbocycles. The van der Waals surface area contributed by atoms with Gasteiger partial charge in [0.2, 0.25) is 0 Å². The molecule has 23 heavy (non-hydrogen) atoms. The summed E-state index contributed by atoms with van der Waals surface area (Å²) in [6, 6.07) is 6.50. The minimum Gasteiger partial charge on any atom is -0.356 e. The number of nitrogens with zero attached hydrogens (tertiary/aromatic N) is 4. The number of guanidine groups is 1. The lowest BCUT2D eigenvalue weighted by Crippen LogP contribution is -2.38. The Morgan fingerprint density at radius 1 is 1.30 bits per heavy atom. The second-order valence-electron chi connectivity index (χ2n) is 4.45. The average molecular weight is 450 g/mol. The molecule has 0 amide bonds. The first kappa shape index (κ1) is 19.7. The fourth-order valence-corrected chi connectivity index (χ4v) is 2.50. The molecule has 6 nitrogen and oxygen atoms in total. The van der Waals surface area contributed by atoms with Gasteiger partial charge in [-0.15, -0.1) is 35.7 Å². The van der Waals surface area contributed by atoms with Gasteiger partial charge in [0.25, 0.3) is 0 Å². The Morgan fingerprint density at radius 3 is 2.65 bits per heavy atom. The van der Waals surface area contributed by atoms with Gasteiger partial charge in [-0.1, -0.05) is 0 Å². The number of hydrogen-bond acceptors (Lipinski definition) is 4. The van der Waals surface area contributed by atoms with E-state index in [4.69, 9.17) is 0 Å². The van der Waals surface area contributed by atoms with E-state index in [1.54, 1.807) is 35.6 Å². The number of benzene rings is 1. The zero-order chi connectivity index (χ0) is 15.8. The SMILES string of the molecule is CN=C(NCCSc1ccc(F)cc1)NCc1ncnn1C.I. The smallest absolute Gasteiger partial charge is 0.191 e. The first-order valence-corrected chi connectivity index (χ1v) is 7.83. The van der Waals surface area contributed by atoms with Crippen LogP contribution in [0.4, 0.5) is 4.39 Å². The summed E-state index contributed by atoms with van der Waals surface area (Å²) in [7, 11) is 3.57. The molecule has 0 bridgehead atoms. The summed E-state index contributed by atoms with van der Waals surface area (Å²) in [6.07, 6.45) is 1.52. The van der Waals surface area contributed by atoms with E-state index in [1.807, 2.05) is 7.05 Å². The molecule has 0 atom stereocenters. The second-order valence-corrected chi connectivity index (χ2v) is 5.62. The Labute approximate surface area is 156 Å². The fourth-order valence-electron chi connectivity index (χ4n) is 1.73. The molecule has 1 aromatic heterocycles. The quantitative estimate of drug-likeness (QED) is 0.232. The third-order valence-electron chi connectivity index (χ3n) is 2.92. The van der Waals surface area contributed by atoms with Crippen LogP contribution in [-0.2, 0) is 13.6 Å². The Hall–Kier alpha value is -1.36. The molecule has 0 aliphatic heterocycles. The van der Waals surface area contributed by atoms with E-state index in [9.17, 15) is 4.39 Å². The summed E-state index contributed by atoms with van der Waals surface area (Å²) in [6.45, 7) is 1.31. The zero-order valence-electron chi connectivity index (χ0n) is 13.0. The highest BCUT2D eigenvalue weighted by Gasteiger charge is 2.02. The van der Waals surface area contributed by atoms with Gasteiger partial charge in [-0.05, 0) is 24.3 Å². The molecular formula is C14H20FIN6S. The van der Waals surface area contributed by atoms with Crippen molar-refractivity contribution >= 4 is 41.7 Å². The summed E-state index contributed by atoms with van der Waals surface area (Å²) in [5.41, 5.74) is 0. The molecule has 0 radical (unpaired) electrons. The maximum Gasteiger partial charge on any atom is 0.191 e. The van der Waals surface area contributed by atoms with Crippen molar-refractivity contribution in [3.63, 3.8) is 0 Å². The summed E-state index contributed by atoms with van der Waals surface area (Å²) < 4.78 is 14.5. The molecule has 0 spiro atoms. The van der Waals surface area contributed by atoms with Crippen molar-refractivity contribution < 1.29 is 4.39 Å². The minimum atomic E-state index is -0.212. The number of hydrogen-bond donors (Lipinski definition) is 2. The molecule has 2 rings (SSSR count). The second kappa shape index (κ2) is 10.4. The first-order valence-electron chi connectivity index (χ1n) is 6.85. The van der Waals surface area contributed by atoms with Gasteiger partial charge in [0, 0.05) is 31.3 Å². The molecule has 0 unspecified atom stereocenters. The third-order valence-corrected chi connectivity index (χ3v) is 3.93. The average Bonchev–Trinajstić information content (AvgIpc) is 2.93. The molecule has 0 saturated carbocycles. The van der Waals surface area contributed by atoms with Crippen molar-refractivity contribution in [2.24, 2.45) is 12.0 Å². The maximum absolute atomic E-state index is 12.8. The highest BCUT2D eigenvalue weighted by molar-refractivity contribution is 14.0. The van der Waals surface area contributed by atoms with Gasteiger partial charge in [0.1, 0.15) is 18.0 Å². The molecule has 2 N–H and O–H groups in total. The Kier molecular flexibility index (Phi) is 8.92. The van der Waals surface area contributed by atoms with Crippen molar-refractivity contribution in [3.05, 3.63) is 42.2 Å². The topological polar surface area (TPSA) is 67.1 Å². The number of rotatable bonds is 6. The molecular weight excluding hydrogens is 430 g/mol. The summed E-state index contributed by atoms with van der Waals surface area (Å²) in [5, 5.41) is 10.4. The summed E-state index contributed by atoms with van der Waals surface area (Å²) in [5.74, 6) is 2.19. The van der Waals surface area contributed by atoms with Crippen LogP contribution in [0.3, 0.4) is 0 Å². The van der Waals surface area contributed by atoms with E-state index in [0.717, 1.165) is 23.0 Å². The number of aliphatic imine (C=N–C) groups is 1. The van der Waals surface area contributed by atoms with E-state index >= 15 is 0 Å². The predicted octanol–water partition coefficient (Wildman–Crippen LogP) is 2.03. The largest absolute Gasteiger partial charge is 0.356 e. The molecule has 9 heteroatoms. The molecule has 0 aliphatic rings. The molecule has 126 valence electrons. The zero-order valence-corrected chi connectivity index (χ0v) is 16.1. The van der Waals surface area contributed by atoms with Crippen molar-refractivity contribution in [2.75, 3.05) is 19.3 Å². The lowest BCUT2D eigenvalue weighted by Gasteiger charge is -2.11. The van der Waals surface area contributed by atoms with Gasteiger partial charge < -0.3 is 10.6 Å². The summed E-state index contributed by atoms with van der Waals surface area (Å²) in [4.78, 5) is 9.34. The van der Waals surface area contributed by atoms with Gasteiger partial charge in [0.15, 0.2) is 5.96 Å². The number of halogens is 2. The Bertz CT molecular complexity index is 616. The lowest BCUT2D eigenvalue weighted by molar-refractivity contribution is 0.626. The maximum atomic E-state index is 12.8. The Morgan fingerprint density at radius 2 is 2.04 bits per heavy atom. The number of aryl methyl sites for hydroxylation is 1. The van der Waals surface area contributed by atoms with Crippen LogP contribution in [0.2, 0.25) is 0 Å². The van der Waals surface area contributed by atoms with Crippen LogP contribution in [0.25, 0.3) is 0 Å². The van der Waals surface area contributed by atoms with Crippen molar-refractivity contribution in [1.29, 1.82) is 0 Å². The highest BCUT2D eigenvalue weighted by atomic mass is 127. The van der Waals surface area contributed by atoms with E-state index < -0.39 is 0 Å². The van der Waals surface area contributed by atoms with Gasteiger partial charge in [-0.3, -0.25) is 9.67 Å². The highest BCUT2D eigenvalue weighted by Crippen LogP contribution is 2.17. The van der Waals surface area contributed by atoms with E-state index in [1.165, 1.54) is 18.5 Å². The number of nitrogens with one attached hydrogen (secondary N) is 2. The van der Waals surface area contributed by atoms with Crippen molar-refractivity contribution in [1.82, 2.24) is 25.4 Å². The predicted molar refractivity (Wildman–Crippen MR) is 102 cm³/mol. The monoisotopic (exact) mass is 450 g/mol. The lowest BCUT2D eigenvalue weighted by atomic mass is 10.4. The van der Waals surface area contributed by atoms with Crippen LogP contribution >= 0.6 is 35.7 Å². The van der Waals surface area contributed by atoms with Crippen LogP contribution < -0.4 is 10.6 Å². The molecule has 1 aromatic carbocycles. The number of aromatic nitrogens is 3. The first-order chi connectivity index (χ1) is 10.7. The summed E-state index contributed by atoms with van der Waals surface area (Å²) >= 11 is 1.66. The van der Waals surface area contributed by atoms with Gasteiger partial charge in [0.05, 0.1) is 6.54 Å². The van der Waals surface area contributed by atoms with Crippen LogP contribution in [-0.4, -0.2) is 40.1 Å². The van der Waals surface area contributed by atoms with E-state index in [2.05, 4.69) is 25.7 Å². The van der Waals surface area contributed by atoms with Crippen LogP contribution in [0.15, 0.2) is 40.5 Å². The fraction of sp³-hybridized carbons (Fsp3) is 0.357. The van der Waals surface area contributed by atoms with Gasteiger partial charge in [-0.2, -0.15) is 5.10 Å².